The second-order valence-corrected chi connectivity index (χ2v) is 7.39. The Labute approximate surface area is 150 Å². The first-order valence-electron chi connectivity index (χ1n) is 8.48. The summed E-state index contributed by atoms with van der Waals surface area (Å²) in [7, 11) is 1.36. The summed E-state index contributed by atoms with van der Waals surface area (Å²) >= 11 is 1.82. The van der Waals surface area contributed by atoms with Crippen molar-refractivity contribution in [1.82, 2.24) is 9.88 Å². The number of nitrogens with zero attached hydrogens (tertiary/aromatic N) is 2. The molecule has 0 atom stereocenters. The van der Waals surface area contributed by atoms with Gasteiger partial charge < -0.3 is 9.15 Å². The number of methoxy groups -OCH3 is 1. The minimum atomic E-state index is -0.430. The molecule has 1 aliphatic heterocycles. The van der Waals surface area contributed by atoms with Crippen molar-refractivity contribution in [2.45, 2.75) is 25.3 Å². The molecular formula is C19H20N2O3S. The Morgan fingerprint density at radius 1 is 1.28 bits per heavy atom. The fraction of sp³-hybridized carbons (Fsp3) is 0.368. The molecule has 0 saturated carbocycles. The van der Waals surface area contributed by atoms with Crippen LogP contribution in [0.2, 0.25) is 0 Å². The average Bonchev–Trinajstić information content (AvgIpc) is 3.28. The van der Waals surface area contributed by atoms with Gasteiger partial charge in [0.25, 0.3) is 0 Å². The molecule has 130 valence electrons. The number of furan rings is 1. The van der Waals surface area contributed by atoms with E-state index >= 15 is 0 Å². The standard InChI is InChI=1S/C19H20N2O3S/c1-23-19(22)16-7-6-14(24-16)12-21-10-8-13(9-11-21)18-20-15-4-2-3-5-17(15)25-18/h2-7,13H,8-12H2,1H3. The van der Waals surface area contributed by atoms with Crippen LogP contribution in [-0.4, -0.2) is 36.1 Å². The quantitative estimate of drug-likeness (QED) is 0.660. The number of carbonyl (C=O) groups is 1. The summed E-state index contributed by atoms with van der Waals surface area (Å²) in [4.78, 5) is 18.6. The zero-order valence-corrected chi connectivity index (χ0v) is 14.9. The Balaban J connectivity index is 1.36. The number of esters is 1. The third-order valence-electron chi connectivity index (χ3n) is 4.67. The first-order valence-corrected chi connectivity index (χ1v) is 9.29. The van der Waals surface area contributed by atoms with Crippen molar-refractivity contribution in [3.8, 4) is 0 Å². The van der Waals surface area contributed by atoms with Crippen LogP contribution in [-0.2, 0) is 11.3 Å². The van der Waals surface area contributed by atoms with E-state index in [2.05, 4.69) is 27.8 Å². The number of thiazole rings is 1. The van der Waals surface area contributed by atoms with Crippen LogP contribution in [0, 0.1) is 0 Å². The highest BCUT2D eigenvalue weighted by atomic mass is 32.1. The minimum Gasteiger partial charge on any atom is -0.463 e. The summed E-state index contributed by atoms with van der Waals surface area (Å²) in [6, 6.07) is 11.9. The van der Waals surface area contributed by atoms with Gasteiger partial charge in [-0.05, 0) is 50.2 Å². The molecule has 0 radical (unpaired) electrons. The van der Waals surface area contributed by atoms with Gasteiger partial charge in [-0.1, -0.05) is 12.1 Å². The molecule has 1 saturated heterocycles. The SMILES string of the molecule is COC(=O)c1ccc(CN2CCC(c3nc4ccccc4s3)CC2)o1. The smallest absolute Gasteiger partial charge is 0.373 e. The van der Waals surface area contributed by atoms with Crippen molar-refractivity contribution in [2.75, 3.05) is 20.2 Å². The molecule has 0 spiro atoms. The van der Waals surface area contributed by atoms with Gasteiger partial charge in [0.1, 0.15) is 5.76 Å². The number of hydrogen-bond acceptors (Lipinski definition) is 6. The normalized spacial score (nSPS) is 16.4. The minimum absolute atomic E-state index is 0.266. The van der Waals surface area contributed by atoms with Gasteiger partial charge in [-0.25, -0.2) is 9.78 Å². The van der Waals surface area contributed by atoms with E-state index in [4.69, 9.17) is 9.40 Å². The lowest BCUT2D eigenvalue weighted by Gasteiger charge is -2.30. The maximum atomic E-state index is 11.5. The second kappa shape index (κ2) is 6.98. The van der Waals surface area contributed by atoms with E-state index in [9.17, 15) is 4.79 Å². The number of benzene rings is 1. The van der Waals surface area contributed by atoms with Crippen LogP contribution in [0.1, 0.15) is 40.1 Å². The molecule has 0 N–H and O–H groups in total. The average molecular weight is 356 g/mol. The number of rotatable bonds is 4. The molecule has 6 heteroatoms. The molecular weight excluding hydrogens is 336 g/mol. The Bertz CT molecular complexity index is 845. The number of piperidine rings is 1. The Hall–Kier alpha value is -2.18. The van der Waals surface area contributed by atoms with Gasteiger partial charge in [-0.3, -0.25) is 4.90 Å². The van der Waals surface area contributed by atoms with Crippen LogP contribution >= 0.6 is 11.3 Å². The lowest BCUT2D eigenvalue weighted by Crippen LogP contribution is -2.32. The summed E-state index contributed by atoms with van der Waals surface area (Å²) in [5.41, 5.74) is 1.11. The van der Waals surface area contributed by atoms with Crippen LogP contribution in [0.4, 0.5) is 0 Å². The van der Waals surface area contributed by atoms with E-state index < -0.39 is 5.97 Å². The fourth-order valence-electron chi connectivity index (χ4n) is 3.30. The summed E-state index contributed by atoms with van der Waals surface area (Å²) in [5.74, 6) is 1.18. The Morgan fingerprint density at radius 3 is 2.84 bits per heavy atom. The first kappa shape index (κ1) is 16.3. The Kier molecular flexibility index (Phi) is 4.55. The third kappa shape index (κ3) is 3.45. The van der Waals surface area contributed by atoms with Crippen molar-refractivity contribution < 1.29 is 13.9 Å². The first-order chi connectivity index (χ1) is 12.2. The third-order valence-corrected chi connectivity index (χ3v) is 5.87. The van der Waals surface area contributed by atoms with Crippen LogP contribution in [0.5, 0.6) is 0 Å². The van der Waals surface area contributed by atoms with Gasteiger partial charge in [0, 0.05) is 5.92 Å². The number of likely N-dealkylation sites (tertiary alicyclic amines) is 1. The van der Waals surface area contributed by atoms with Crippen LogP contribution in [0.25, 0.3) is 10.2 Å². The zero-order chi connectivity index (χ0) is 17.2. The van der Waals surface area contributed by atoms with E-state index in [0.29, 0.717) is 5.92 Å². The molecule has 1 aromatic carbocycles. The monoisotopic (exact) mass is 356 g/mol. The molecule has 25 heavy (non-hydrogen) atoms. The van der Waals surface area contributed by atoms with Crippen LogP contribution in [0.15, 0.2) is 40.8 Å². The van der Waals surface area contributed by atoms with Crippen LogP contribution in [0.3, 0.4) is 0 Å². The number of aromatic nitrogens is 1. The molecule has 3 heterocycles. The highest BCUT2D eigenvalue weighted by Gasteiger charge is 2.24. The fourth-order valence-corrected chi connectivity index (χ4v) is 4.43. The van der Waals surface area contributed by atoms with Gasteiger partial charge in [-0.2, -0.15) is 0 Å². The van der Waals surface area contributed by atoms with Gasteiger partial charge >= 0.3 is 5.97 Å². The number of fused-ring (bicyclic) bond motifs is 1. The lowest BCUT2D eigenvalue weighted by molar-refractivity contribution is 0.0560. The van der Waals surface area contributed by atoms with Crippen molar-refractivity contribution in [2.24, 2.45) is 0 Å². The largest absolute Gasteiger partial charge is 0.463 e. The summed E-state index contributed by atoms with van der Waals surface area (Å²) in [6.07, 6.45) is 2.20. The van der Waals surface area contributed by atoms with E-state index in [1.165, 1.54) is 16.8 Å². The maximum absolute atomic E-state index is 11.5. The number of carbonyl (C=O) groups excluding carboxylic acids is 1. The van der Waals surface area contributed by atoms with Crippen LogP contribution < -0.4 is 0 Å². The second-order valence-electron chi connectivity index (χ2n) is 6.33. The number of ether oxygens (including phenoxy) is 1. The molecule has 0 unspecified atom stereocenters. The number of hydrogen-bond donors (Lipinski definition) is 0. The topological polar surface area (TPSA) is 55.6 Å². The van der Waals surface area contributed by atoms with E-state index in [1.54, 1.807) is 6.07 Å². The van der Waals surface area contributed by atoms with E-state index in [1.807, 2.05) is 23.5 Å². The van der Waals surface area contributed by atoms with Gasteiger partial charge in [0.05, 0.1) is 28.9 Å². The van der Waals surface area contributed by atoms with Crippen molar-refractivity contribution >= 4 is 27.5 Å². The summed E-state index contributed by atoms with van der Waals surface area (Å²) < 4.78 is 11.5. The molecule has 0 aliphatic carbocycles. The predicted octanol–water partition coefficient (Wildman–Crippen LogP) is 4.06. The lowest BCUT2D eigenvalue weighted by atomic mass is 9.97. The molecule has 5 nitrogen and oxygen atoms in total. The highest BCUT2D eigenvalue weighted by Crippen LogP contribution is 2.34. The van der Waals surface area contributed by atoms with Gasteiger partial charge in [0.15, 0.2) is 0 Å². The van der Waals surface area contributed by atoms with E-state index in [-0.39, 0.29) is 5.76 Å². The van der Waals surface area contributed by atoms with E-state index in [0.717, 1.165) is 43.8 Å². The van der Waals surface area contributed by atoms with Gasteiger partial charge in [0.2, 0.25) is 5.76 Å². The number of para-hydroxylation sites is 1. The molecule has 3 aromatic rings. The highest BCUT2D eigenvalue weighted by molar-refractivity contribution is 7.18. The molecule has 1 fully saturated rings. The van der Waals surface area contributed by atoms with Gasteiger partial charge in [-0.15, -0.1) is 11.3 Å². The molecule has 0 bridgehead atoms. The van der Waals surface area contributed by atoms with Crippen molar-refractivity contribution in [1.29, 1.82) is 0 Å². The summed E-state index contributed by atoms with van der Waals surface area (Å²) in [5, 5.41) is 1.26. The van der Waals surface area contributed by atoms with Crippen molar-refractivity contribution in [3.05, 3.63) is 52.9 Å². The van der Waals surface area contributed by atoms with Crippen molar-refractivity contribution in [3.63, 3.8) is 0 Å². The Morgan fingerprint density at radius 2 is 2.08 bits per heavy atom. The molecule has 4 rings (SSSR count). The zero-order valence-electron chi connectivity index (χ0n) is 14.1. The molecule has 2 aromatic heterocycles. The maximum Gasteiger partial charge on any atom is 0.373 e. The molecule has 0 amide bonds. The molecule has 1 aliphatic rings. The predicted molar refractivity (Wildman–Crippen MR) is 96.9 cm³/mol. The summed E-state index contributed by atoms with van der Waals surface area (Å²) in [6.45, 7) is 2.74.